The third kappa shape index (κ3) is 3.16. The minimum absolute atomic E-state index is 0.0334. The second kappa shape index (κ2) is 6.52. The number of amides is 1. The van der Waals surface area contributed by atoms with Gasteiger partial charge in [0.05, 0.1) is 6.54 Å². The molecule has 2 aliphatic rings. The maximum absolute atomic E-state index is 12.5. The van der Waals surface area contributed by atoms with E-state index < -0.39 is 10.0 Å². The van der Waals surface area contributed by atoms with Crippen LogP contribution < -0.4 is 5.32 Å². The molecular weight excluding hydrogens is 328 g/mol. The summed E-state index contributed by atoms with van der Waals surface area (Å²) in [4.78, 5) is 16.1. The van der Waals surface area contributed by atoms with Crippen LogP contribution in [0.4, 0.5) is 0 Å². The first-order valence-corrected chi connectivity index (χ1v) is 9.46. The Hall–Kier alpha value is -1.93. The Morgan fingerprint density at radius 1 is 1.25 bits per heavy atom. The number of fused-ring (bicyclic) bond motifs is 1. The molecule has 0 saturated carbocycles. The normalized spacial score (nSPS) is 19.5. The van der Waals surface area contributed by atoms with Gasteiger partial charge in [-0.2, -0.15) is 8.42 Å². The van der Waals surface area contributed by atoms with Gasteiger partial charge in [-0.1, -0.05) is 12.1 Å². The quantitative estimate of drug-likeness (QED) is 0.847. The second-order valence-corrected chi connectivity index (χ2v) is 7.80. The van der Waals surface area contributed by atoms with Crippen molar-refractivity contribution in [1.82, 2.24) is 15.1 Å². The summed E-state index contributed by atoms with van der Waals surface area (Å²) in [5.74, 6) is 0.298. The van der Waals surface area contributed by atoms with Crippen LogP contribution in [0.25, 0.3) is 0 Å². The van der Waals surface area contributed by atoms with Gasteiger partial charge in [-0.15, -0.1) is 4.40 Å². The topological polar surface area (TPSA) is 82.1 Å². The molecule has 1 fully saturated rings. The smallest absolute Gasteiger partial charge is 0.285 e. The Balaban J connectivity index is 1.73. The molecule has 1 aromatic rings. The highest BCUT2D eigenvalue weighted by molar-refractivity contribution is 7.90. The Morgan fingerprint density at radius 3 is 2.62 bits per heavy atom. The lowest BCUT2D eigenvalue weighted by Gasteiger charge is -2.33. The summed E-state index contributed by atoms with van der Waals surface area (Å²) < 4.78 is 28.1. The third-order valence-corrected chi connectivity index (χ3v) is 5.92. The van der Waals surface area contributed by atoms with Gasteiger partial charge in [-0.05, 0) is 38.1 Å². The first-order valence-electron chi connectivity index (χ1n) is 8.02. The standard InChI is InChI=1S/C16H22N4O3S/c1-19(11-15(21)20(2)12-7-9-17-10-8-12)16-13-5-3-4-6-14(13)24(22,23)18-16/h3-6,12,17H,7-11H2,1-2H3. The van der Waals surface area contributed by atoms with Crippen LogP contribution in [0, 0.1) is 0 Å². The predicted molar refractivity (Wildman–Crippen MR) is 91.5 cm³/mol. The van der Waals surface area contributed by atoms with E-state index in [1.807, 2.05) is 7.05 Å². The molecule has 1 amide bonds. The fourth-order valence-corrected chi connectivity index (χ4v) is 4.40. The molecule has 130 valence electrons. The van der Waals surface area contributed by atoms with Crippen LogP contribution in [0.5, 0.6) is 0 Å². The van der Waals surface area contributed by atoms with E-state index in [4.69, 9.17) is 0 Å². The van der Waals surface area contributed by atoms with Gasteiger partial charge < -0.3 is 15.1 Å². The molecule has 1 saturated heterocycles. The maximum Gasteiger partial charge on any atom is 0.285 e. The number of benzene rings is 1. The molecule has 0 spiro atoms. The van der Waals surface area contributed by atoms with E-state index in [9.17, 15) is 13.2 Å². The lowest BCUT2D eigenvalue weighted by atomic mass is 10.1. The SMILES string of the molecule is CN(CC(=O)N(C)C1CCNCC1)C1=NS(=O)(=O)c2ccccc21. The van der Waals surface area contributed by atoms with Crippen LogP contribution in [0.2, 0.25) is 0 Å². The molecular formula is C16H22N4O3S. The molecule has 7 nitrogen and oxygen atoms in total. The van der Waals surface area contributed by atoms with E-state index in [0.717, 1.165) is 25.9 Å². The summed E-state index contributed by atoms with van der Waals surface area (Å²) >= 11 is 0. The average molecular weight is 350 g/mol. The Labute approximate surface area is 142 Å². The van der Waals surface area contributed by atoms with Gasteiger partial charge >= 0.3 is 0 Å². The van der Waals surface area contributed by atoms with E-state index in [1.165, 1.54) is 6.07 Å². The van der Waals surface area contributed by atoms with Crippen LogP contribution >= 0.6 is 0 Å². The lowest BCUT2D eigenvalue weighted by Crippen LogP contribution is -2.47. The molecule has 8 heteroatoms. The number of carbonyl (C=O) groups is 1. The molecule has 0 unspecified atom stereocenters. The highest BCUT2D eigenvalue weighted by atomic mass is 32.2. The Morgan fingerprint density at radius 2 is 1.92 bits per heavy atom. The number of sulfonamides is 1. The Bertz CT molecular complexity index is 769. The number of hydrogen-bond acceptors (Lipinski definition) is 5. The zero-order chi connectivity index (χ0) is 17.3. The summed E-state index contributed by atoms with van der Waals surface area (Å²) in [7, 11) is -0.151. The van der Waals surface area contributed by atoms with E-state index in [-0.39, 0.29) is 23.4 Å². The molecule has 0 radical (unpaired) electrons. The van der Waals surface area contributed by atoms with Crippen molar-refractivity contribution in [1.29, 1.82) is 0 Å². The van der Waals surface area contributed by atoms with Gasteiger partial charge in [0.1, 0.15) is 4.90 Å². The van der Waals surface area contributed by atoms with Crippen molar-refractivity contribution in [2.45, 2.75) is 23.8 Å². The molecule has 0 bridgehead atoms. The zero-order valence-electron chi connectivity index (χ0n) is 13.9. The number of amidine groups is 1. The largest absolute Gasteiger partial charge is 0.349 e. The molecule has 1 aromatic carbocycles. The van der Waals surface area contributed by atoms with Crippen LogP contribution in [-0.4, -0.2) is 69.7 Å². The van der Waals surface area contributed by atoms with E-state index in [2.05, 4.69) is 9.71 Å². The van der Waals surface area contributed by atoms with Gasteiger partial charge in [-0.3, -0.25) is 4.79 Å². The minimum Gasteiger partial charge on any atom is -0.349 e. The number of rotatable bonds is 3. The molecule has 0 aliphatic carbocycles. The summed E-state index contributed by atoms with van der Waals surface area (Å²) in [5.41, 5.74) is 0.553. The van der Waals surface area contributed by atoms with E-state index in [1.54, 1.807) is 35.0 Å². The second-order valence-electron chi connectivity index (χ2n) is 6.23. The molecule has 3 rings (SSSR count). The average Bonchev–Trinajstić information content (AvgIpc) is 2.87. The molecule has 2 heterocycles. The fourth-order valence-electron chi connectivity index (χ4n) is 3.15. The fraction of sp³-hybridized carbons (Fsp3) is 0.500. The first-order chi connectivity index (χ1) is 11.4. The molecule has 0 atom stereocenters. The van der Waals surface area contributed by atoms with Crippen LogP contribution in [0.15, 0.2) is 33.6 Å². The van der Waals surface area contributed by atoms with Crippen LogP contribution in [-0.2, 0) is 14.8 Å². The van der Waals surface area contributed by atoms with Crippen molar-refractivity contribution < 1.29 is 13.2 Å². The lowest BCUT2D eigenvalue weighted by molar-refractivity contribution is -0.132. The van der Waals surface area contributed by atoms with Crippen molar-refractivity contribution in [2.24, 2.45) is 4.40 Å². The number of hydrogen-bond donors (Lipinski definition) is 1. The summed E-state index contributed by atoms with van der Waals surface area (Å²) in [6.07, 6.45) is 1.87. The van der Waals surface area contributed by atoms with Gasteiger partial charge in [0.15, 0.2) is 5.84 Å². The van der Waals surface area contributed by atoms with E-state index >= 15 is 0 Å². The summed E-state index contributed by atoms with van der Waals surface area (Å²) in [6.45, 7) is 1.93. The molecule has 2 aliphatic heterocycles. The number of likely N-dealkylation sites (N-methyl/N-ethyl adjacent to an activating group) is 2. The third-order valence-electron chi connectivity index (χ3n) is 4.60. The molecule has 1 N–H and O–H groups in total. The van der Waals surface area contributed by atoms with Crippen molar-refractivity contribution >= 4 is 21.8 Å². The first kappa shape index (κ1) is 16.9. The maximum atomic E-state index is 12.5. The van der Waals surface area contributed by atoms with Crippen LogP contribution in [0.3, 0.4) is 0 Å². The summed E-state index contributed by atoms with van der Waals surface area (Å²) in [5, 5.41) is 3.28. The highest BCUT2D eigenvalue weighted by Crippen LogP contribution is 2.26. The number of nitrogens with one attached hydrogen (secondary N) is 1. The van der Waals surface area contributed by atoms with Crippen LogP contribution in [0.1, 0.15) is 18.4 Å². The predicted octanol–water partition coefficient (Wildman–Crippen LogP) is 0.278. The number of piperidine rings is 1. The van der Waals surface area contributed by atoms with Gasteiger partial charge in [0.2, 0.25) is 5.91 Å². The molecule has 24 heavy (non-hydrogen) atoms. The van der Waals surface area contributed by atoms with Gasteiger partial charge in [0.25, 0.3) is 10.0 Å². The van der Waals surface area contributed by atoms with Crippen molar-refractivity contribution in [3.63, 3.8) is 0 Å². The minimum atomic E-state index is -3.66. The monoisotopic (exact) mass is 350 g/mol. The van der Waals surface area contributed by atoms with Crippen molar-refractivity contribution in [2.75, 3.05) is 33.7 Å². The Kier molecular flexibility index (Phi) is 4.60. The highest BCUT2D eigenvalue weighted by Gasteiger charge is 2.31. The van der Waals surface area contributed by atoms with Crippen molar-refractivity contribution in [3.05, 3.63) is 29.8 Å². The number of nitrogens with zero attached hydrogens (tertiary/aromatic N) is 3. The van der Waals surface area contributed by atoms with E-state index in [0.29, 0.717) is 11.4 Å². The summed E-state index contributed by atoms with van der Waals surface area (Å²) in [6, 6.07) is 6.93. The number of carbonyl (C=O) groups excluding carboxylic acids is 1. The molecule has 0 aromatic heterocycles. The zero-order valence-corrected chi connectivity index (χ0v) is 14.7. The van der Waals surface area contributed by atoms with Gasteiger partial charge in [-0.25, -0.2) is 0 Å². The van der Waals surface area contributed by atoms with Crippen molar-refractivity contribution in [3.8, 4) is 0 Å². The van der Waals surface area contributed by atoms with Gasteiger partial charge in [0, 0.05) is 25.7 Å².